The van der Waals surface area contributed by atoms with Gasteiger partial charge < -0.3 is 19.5 Å². The molecule has 13 heteroatoms. The number of methoxy groups -OCH3 is 1. The van der Waals surface area contributed by atoms with Crippen LogP contribution in [0.1, 0.15) is 30.5 Å². The number of fused-ring (bicyclic) bond motifs is 1. The number of anilines is 1. The summed E-state index contributed by atoms with van der Waals surface area (Å²) in [5.41, 5.74) is 0.689. The summed E-state index contributed by atoms with van der Waals surface area (Å²) >= 11 is 0. The molecule has 9 nitrogen and oxygen atoms in total. The molecule has 0 spiro atoms. The summed E-state index contributed by atoms with van der Waals surface area (Å²) in [5, 5.41) is 9.89. The van der Waals surface area contributed by atoms with Gasteiger partial charge in [-0.1, -0.05) is 19.1 Å². The Kier molecular flexibility index (Phi) is 10.7. The van der Waals surface area contributed by atoms with Gasteiger partial charge in [0.2, 0.25) is 5.91 Å². The zero-order valence-electron chi connectivity index (χ0n) is 25.5. The van der Waals surface area contributed by atoms with E-state index >= 15 is 0 Å². The third-order valence-corrected chi connectivity index (χ3v) is 9.16. The first-order valence-corrected chi connectivity index (χ1v) is 15.9. The highest BCUT2D eigenvalue weighted by molar-refractivity contribution is 7.92. The van der Waals surface area contributed by atoms with Crippen LogP contribution in [0.25, 0.3) is 0 Å². The highest BCUT2D eigenvalue weighted by atomic mass is 32.2. The van der Waals surface area contributed by atoms with Crippen molar-refractivity contribution in [3.8, 4) is 11.5 Å². The minimum atomic E-state index is -4.41. The third kappa shape index (κ3) is 8.68. The second-order valence-electron chi connectivity index (χ2n) is 11.4. The van der Waals surface area contributed by atoms with Gasteiger partial charge in [-0.25, -0.2) is 8.42 Å². The molecule has 0 saturated heterocycles. The van der Waals surface area contributed by atoms with E-state index < -0.39 is 33.9 Å². The van der Waals surface area contributed by atoms with Crippen LogP contribution in [-0.2, 0) is 34.0 Å². The minimum Gasteiger partial charge on any atom is -0.497 e. The van der Waals surface area contributed by atoms with Crippen LogP contribution in [0.3, 0.4) is 0 Å². The summed E-state index contributed by atoms with van der Waals surface area (Å²) in [5.74, 6) is 0.477. The molecule has 4 rings (SSSR count). The van der Waals surface area contributed by atoms with E-state index in [1.54, 1.807) is 30.0 Å². The fourth-order valence-corrected chi connectivity index (χ4v) is 6.21. The maximum Gasteiger partial charge on any atom is 0.416 e. The zero-order valence-corrected chi connectivity index (χ0v) is 26.4. The van der Waals surface area contributed by atoms with E-state index in [4.69, 9.17) is 9.47 Å². The normalized spacial score (nSPS) is 18.3. The van der Waals surface area contributed by atoms with Gasteiger partial charge in [-0.2, -0.15) is 13.2 Å². The molecule has 2 N–H and O–H groups in total. The highest BCUT2D eigenvalue weighted by Gasteiger charge is 2.32. The average Bonchev–Trinajstić information content (AvgIpc) is 3.03. The van der Waals surface area contributed by atoms with E-state index in [9.17, 15) is 31.5 Å². The van der Waals surface area contributed by atoms with Crippen LogP contribution in [0.4, 0.5) is 18.9 Å². The van der Waals surface area contributed by atoms with Crippen LogP contribution in [0.5, 0.6) is 11.5 Å². The molecular formula is C32H38F3N3O6S. The van der Waals surface area contributed by atoms with E-state index in [0.29, 0.717) is 42.3 Å². The number of aliphatic hydroxyl groups is 1. The molecule has 1 aliphatic rings. The minimum absolute atomic E-state index is 0.0343. The van der Waals surface area contributed by atoms with Gasteiger partial charge in [0.15, 0.2) is 0 Å². The summed E-state index contributed by atoms with van der Waals surface area (Å²) < 4.78 is 79.3. The van der Waals surface area contributed by atoms with E-state index in [-0.39, 0.29) is 35.4 Å². The predicted octanol–water partition coefficient (Wildman–Crippen LogP) is 4.80. The van der Waals surface area contributed by atoms with Crippen molar-refractivity contribution in [2.24, 2.45) is 5.92 Å². The molecule has 0 bridgehead atoms. The molecule has 244 valence electrons. The molecular weight excluding hydrogens is 611 g/mol. The number of carbonyl (C=O) groups is 1. The number of hydrogen-bond acceptors (Lipinski definition) is 7. The number of ether oxygens (including phenoxy) is 2. The largest absolute Gasteiger partial charge is 0.497 e. The molecule has 3 aromatic rings. The van der Waals surface area contributed by atoms with Crippen LogP contribution in [0.2, 0.25) is 0 Å². The molecule has 0 fully saturated rings. The Morgan fingerprint density at radius 2 is 1.78 bits per heavy atom. The van der Waals surface area contributed by atoms with Gasteiger partial charge in [0.1, 0.15) is 17.6 Å². The lowest BCUT2D eigenvalue weighted by molar-refractivity contribution is -0.137. The lowest BCUT2D eigenvalue weighted by Gasteiger charge is -2.34. The Morgan fingerprint density at radius 3 is 2.38 bits per heavy atom. The number of likely N-dealkylation sites (N-methyl/N-ethyl adjacent to an activating group) is 1. The number of alkyl halides is 3. The molecule has 0 unspecified atom stereocenters. The van der Waals surface area contributed by atoms with Crippen molar-refractivity contribution in [3.05, 3.63) is 83.4 Å². The summed E-state index contributed by atoms with van der Waals surface area (Å²) in [6, 6.07) is 15.2. The van der Waals surface area contributed by atoms with Gasteiger partial charge in [0.25, 0.3) is 10.0 Å². The third-order valence-electron chi connectivity index (χ3n) is 7.76. The molecule has 1 heterocycles. The number of benzene rings is 3. The fraction of sp³-hybridized carbons (Fsp3) is 0.406. The summed E-state index contributed by atoms with van der Waals surface area (Å²) in [6.07, 6.45) is -4.95. The van der Waals surface area contributed by atoms with Gasteiger partial charge in [0, 0.05) is 36.8 Å². The maximum absolute atomic E-state index is 13.5. The average molecular weight is 650 g/mol. The van der Waals surface area contributed by atoms with Crippen LogP contribution in [0, 0.1) is 5.92 Å². The Labute approximate surface area is 261 Å². The van der Waals surface area contributed by atoms with Crippen LogP contribution >= 0.6 is 0 Å². The number of halogens is 3. The summed E-state index contributed by atoms with van der Waals surface area (Å²) in [4.78, 5) is 17.1. The Morgan fingerprint density at radius 1 is 1.11 bits per heavy atom. The summed E-state index contributed by atoms with van der Waals surface area (Å²) in [7, 11) is -0.637. The number of sulfonamides is 1. The fourth-order valence-electron chi connectivity index (χ4n) is 5.16. The number of carbonyl (C=O) groups excluding carboxylic acids is 1. The lowest BCUT2D eigenvalue weighted by Crippen LogP contribution is -2.47. The Balaban J connectivity index is 1.59. The van der Waals surface area contributed by atoms with Crippen LogP contribution in [0.15, 0.2) is 71.6 Å². The van der Waals surface area contributed by atoms with Crippen molar-refractivity contribution in [2.45, 2.75) is 50.0 Å². The van der Waals surface area contributed by atoms with Gasteiger partial charge in [-0.3, -0.25) is 14.4 Å². The van der Waals surface area contributed by atoms with Gasteiger partial charge >= 0.3 is 6.18 Å². The molecule has 0 aliphatic carbocycles. The quantitative estimate of drug-likeness (QED) is 0.325. The number of hydrogen-bond donors (Lipinski definition) is 2. The lowest BCUT2D eigenvalue weighted by atomic mass is 10.0. The zero-order chi connectivity index (χ0) is 32.9. The van der Waals surface area contributed by atoms with Crippen molar-refractivity contribution in [1.82, 2.24) is 9.80 Å². The van der Waals surface area contributed by atoms with Crippen molar-refractivity contribution in [2.75, 3.05) is 38.6 Å². The van der Waals surface area contributed by atoms with E-state index in [1.807, 2.05) is 18.9 Å². The number of nitrogens with zero attached hydrogens (tertiary/aromatic N) is 2. The van der Waals surface area contributed by atoms with Crippen LogP contribution in [-0.4, -0.2) is 75.2 Å². The monoisotopic (exact) mass is 649 g/mol. The molecule has 3 atom stereocenters. The first kappa shape index (κ1) is 34.1. The number of nitrogens with one attached hydrogen (secondary N) is 1. The Hall–Kier alpha value is -3.81. The first-order chi connectivity index (χ1) is 21.2. The van der Waals surface area contributed by atoms with Crippen molar-refractivity contribution >= 4 is 21.6 Å². The predicted molar refractivity (Wildman–Crippen MR) is 164 cm³/mol. The Bertz CT molecular complexity index is 1570. The molecule has 0 saturated carbocycles. The molecule has 1 aliphatic heterocycles. The second-order valence-corrected chi connectivity index (χ2v) is 13.1. The molecule has 0 radical (unpaired) electrons. The van der Waals surface area contributed by atoms with Crippen molar-refractivity contribution < 1.29 is 41.0 Å². The molecule has 0 aromatic heterocycles. The van der Waals surface area contributed by atoms with Gasteiger partial charge in [-0.15, -0.1) is 0 Å². The van der Waals surface area contributed by atoms with Crippen molar-refractivity contribution in [3.63, 3.8) is 0 Å². The van der Waals surface area contributed by atoms with E-state index in [0.717, 1.165) is 12.1 Å². The maximum atomic E-state index is 13.5. The van der Waals surface area contributed by atoms with Gasteiger partial charge in [-0.05, 0) is 74.1 Å². The number of rotatable bonds is 10. The highest BCUT2D eigenvalue weighted by Crippen LogP contribution is 2.31. The SMILES string of the molecule is COc1ccc(S(=O)(=O)Nc2ccc3c(c2)CC(=O)N([C@H](C)CO)C[C@H](C)[C@@H](CN(C)Cc2ccc(C(F)(F)F)cc2)O3)cc1. The second kappa shape index (κ2) is 14.1. The smallest absolute Gasteiger partial charge is 0.416 e. The standard InChI is InChI=1S/C32H38F3N3O6S/c1-21-17-38(22(2)20-39)31(40)16-24-15-26(36-45(41,42)28-12-10-27(43-4)11-13-28)9-14-29(24)44-30(21)19-37(3)18-23-5-7-25(8-6-23)32(33,34)35/h5-15,21-22,30,36,39H,16-20H2,1-4H3/t21-,22+,30+/m0/s1. The summed E-state index contributed by atoms with van der Waals surface area (Å²) in [6.45, 7) is 4.47. The number of aliphatic hydroxyl groups excluding tert-OH is 1. The van der Waals surface area contributed by atoms with E-state index in [2.05, 4.69) is 4.72 Å². The number of amides is 1. The molecule has 3 aromatic carbocycles. The van der Waals surface area contributed by atoms with E-state index in [1.165, 1.54) is 43.5 Å². The van der Waals surface area contributed by atoms with Crippen LogP contribution < -0.4 is 14.2 Å². The topological polar surface area (TPSA) is 108 Å². The first-order valence-electron chi connectivity index (χ1n) is 14.4. The molecule has 45 heavy (non-hydrogen) atoms. The molecule has 1 amide bonds. The van der Waals surface area contributed by atoms with Gasteiger partial charge in [0.05, 0.1) is 36.6 Å². The van der Waals surface area contributed by atoms with Crippen molar-refractivity contribution in [1.29, 1.82) is 0 Å².